The highest BCUT2D eigenvalue weighted by Gasteiger charge is 2.08. The number of hydrogen-bond acceptors (Lipinski definition) is 3. The second-order valence-corrected chi connectivity index (χ2v) is 4.22. The molecule has 0 radical (unpaired) electrons. The molecular weight excluding hydrogens is 276 g/mol. The van der Waals surface area contributed by atoms with Gasteiger partial charge in [0.15, 0.2) is 0 Å². The van der Waals surface area contributed by atoms with E-state index in [1.165, 1.54) is 0 Å². The highest BCUT2D eigenvalue weighted by Crippen LogP contribution is 2.30. The Morgan fingerprint density at radius 2 is 1.75 bits per heavy atom. The van der Waals surface area contributed by atoms with E-state index < -0.39 is 0 Å². The van der Waals surface area contributed by atoms with Crippen LogP contribution < -0.4 is 0 Å². The Kier molecular flexibility index (Phi) is 4.63. The summed E-state index contributed by atoms with van der Waals surface area (Å²) >= 11 is 6.20. The second-order valence-electron chi connectivity index (χ2n) is 3.81. The number of carboxylic acid groups (broad SMARTS) is 1. The maximum Gasteiger partial charge on any atom is 0.290 e. The van der Waals surface area contributed by atoms with Gasteiger partial charge in [-0.1, -0.05) is 29.8 Å². The number of pyridine rings is 2. The zero-order valence-electron chi connectivity index (χ0n) is 10.4. The number of aromatic nitrogens is 2. The molecule has 20 heavy (non-hydrogen) atoms. The molecule has 0 atom stereocenters. The number of nitrogens with zero attached hydrogens (tertiary/aromatic N) is 2. The molecule has 1 N–H and O–H groups in total. The summed E-state index contributed by atoms with van der Waals surface area (Å²) in [5.41, 5.74) is 2.74. The summed E-state index contributed by atoms with van der Waals surface area (Å²) < 4.78 is 0. The van der Waals surface area contributed by atoms with Crippen molar-refractivity contribution in [2.24, 2.45) is 0 Å². The van der Waals surface area contributed by atoms with Gasteiger partial charge in [-0.05, 0) is 24.3 Å². The van der Waals surface area contributed by atoms with Crippen LogP contribution in [0.3, 0.4) is 0 Å². The minimum absolute atomic E-state index is 0.250. The third kappa shape index (κ3) is 2.92. The molecule has 2 aromatic heterocycles. The molecule has 0 amide bonds. The van der Waals surface area contributed by atoms with Crippen molar-refractivity contribution < 1.29 is 9.90 Å². The largest absolute Gasteiger partial charge is 0.483 e. The van der Waals surface area contributed by atoms with Crippen molar-refractivity contribution in [3.05, 3.63) is 59.9 Å². The van der Waals surface area contributed by atoms with Crippen LogP contribution in [0.1, 0.15) is 0 Å². The molecule has 0 fully saturated rings. The van der Waals surface area contributed by atoms with Gasteiger partial charge in [-0.15, -0.1) is 0 Å². The van der Waals surface area contributed by atoms with Crippen molar-refractivity contribution in [3.8, 4) is 11.3 Å². The molecule has 0 bridgehead atoms. The fourth-order valence-electron chi connectivity index (χ4n) is 1.87. The predicted octanol–water partition coefficient (Wildman–Crippen LogP) is 3.65. The molecule has 2 heterocycles. The summed E-state index contributed by atoms with van der Waals surface area (Å²) in [5, 5.41) is 8.61. The summed E-state index contributed by atoms with van der Waals surface area (Å²) in [6, 6.07) is 13.5. The quantitative estimate of drug-likeness (QED) is 0.694. The molecule has 100 valence electrons. The number of benzene rings is 1. The molecule has 4 nitrogen and oxygen atoms in total. The third-order valence-electron chi connectivity index (χ3n) is 2.66. The van der Waals surface area contributed by atoms with E-state index in [9.17, 15) is 0 Å². The Bertz CT molecular complexity index is 726. The maximum atomic E-state index is 8.36. The first-order valence-corrected chi connectivity index (χ1v) is 6.18. The molecule has 3 rings (SSSR count). The lowest BCUT2D eigenvalue weighted by atomic mass is 10.1. The average molecular weight is 287 g/mol. The topological polar surface area (TPSA) is 63.1 Å². The molecule has 0 saturated heterocycles. The Morgan fingerprint density at radius 3 is 2.50 bits per heavy atom. The summed E-state index contributed by atoms with van der Waals surface area (Å²) in [4.78, 5) is 17.1. The molecule has 0 aliphatic carbocycles. The van der Waals surface area contributed by atoms with Crippen molar-refractivity contribution >= 4 is 29.0 Å². The fourth-order valence-corrected chi connectivity index (χ4v) is 2.10. The van der Waals surface area contributed by atoms with Crippen molar-refractivity contribution in [2.75, 3.05) is 0 Å². The second kappa shape index (κ2) is 6.63. The Labute approximate surface area is 120 Å². The van der Waals surface area contributed by atoms with Gasteiger partial charge in [-0.2, -0.15) is 0 Å². The van der Waals surface area contributed by atoms with Gasteiger partial charge < -0.3 is 5.11 Å². The minimum atomic E-state index is -0.250. The Hall–Kier alpha value is -2.46. The van der Waals surface area contributed by atoms with Gasteiger partial charge in [0, 0.05) is 28.4 Å². The van der Waals surface area contributed by atoms with E-state index in [2.05, 4.69) is 9.97 Å². The fraction of sp³-hybridized carbons (Fsp3) is 0. The van der Waals surface area contributed by atoms with E-state index >= 15 is 0 Å². The molecule has 0 spiro atoms. The summed E-state index contributed by atoms with van der Waals surface area (Å²) in [5.74, 6) is 0. The molecule has 1 aromatic carbocycles. The predicted molar refractivity (Wildman–Crippen MR) is 78.7 cm³/mol. The lowest BCUT2D eigenvalue weighted by molar-refractivity contribution is -0.122. The normalized spacial score (nSPS) is 9.65. The van der Waals surface area contributed by atoms with Gasteiger partial charge in [-0.3, -0.25) is 14.8 Å². The van der Waals surface area contributed by atoms with Gasteiger partial charge in [-0.25, -0.2) is 0 Å². The van der Waals surface area contributed by atoms with Crippen LogP contribution in [0.15, 0.2) is 54.9 Å². The van der Waals surface area contributed by atoms with Crippen LogP contribution in [-0.2, 0) is 4.79 Å². The number of hydrogen-bond donors (Lipinski definition) is 1. The van der Waals surface area contributed by atoms with E-state index in [1.54, 1.807) is 12.4 Å². The number of rotatable bonds is 1. The first-order valence-electron chi connectivity index (χ1n) is 5.80. The number of fused-ring (bicyclic) bond motifs is 1. The number of halogens is 1. The standard InChI is InChI=1S/C14H9ClN2.CH2O2/c15-12-6-2-1-4-10(12)14-11-5-3-8-16-13(11)7-9-17-14;2-1-3/h1-9H;1H,(H,2,3). The monoisotopic (exact) mass is 286 g/mol. The van der Waals surface area contributed by atoms with Crippen molar-refractivity contribution in [3.63, 3.8) is 0 Å². The first-order chi connectivity index (χ1) is 9.77. The van der Waals surface area contributed by atoms with Gasteiger partial charge >= 0.3 is 0 Å². The maximum absolute atomic E-state index is 8.36. The SMILES string of the molecule is Clc1ccccc1-c1nccc2ncccc12.O=CO. The zero-order chi connectivity index (χ0) is 14.4. The highest BCUT2D eigenvalue weighted by molar-refractivity contribution is 6.33. The van der Waals surface area contributed by atoms with E-state index in [-0.39, 0.29) is 6.47 Å². The Balaban J connectivity index is 0.000000452. The number of carbonyl (C=O) groups is 1. The van der Waals surface area contributed by atoms with Crippen LogP contribution in [0.2, 0.25) is 5.02 Å². The lowest BCUT2D eigenvalue weighted by Gasteiger charge is -2.06. The smallest absolute Gasteiger partial charge is 0.290 e. The molecule has 0 aliphatic heterocycles. The molecular formula is C15H11ClN2O2. The molecule has 0 aliphatic rings. The first kappa shape index (κ1) is 14.0. The van der Waals surface area contributed by atoms with E-state index in [1.807, 2.05) is 42.5 Å². The lowest BCUT2D eigenvalue weighted by Crippen LogP contribution is -1.88. The summed E-state index contributed by atoms with van der Waals surface area (Å²) in [6.07, 6.45) is 3.53. The van der Waals surface area contributed by atoms with Gasteiger partial charge in [0.05, 0.1) is 11.2 Å². The average Bonchev–Trinajstić information content (AvgIpc) is 2.48. The van der Waals surface area contributed by atoms with Gasteiger partial charge in [0.2, 0.25) is 0 Å². The van der Waals surface area contributed by atoms with Gasteiger partial charge in [0.1, 0.15) is 0 Å². The van der Waals surface area contributed by atoms with Crippen LogP contribution in [-0.4, -0.2) is 21.5 Å². The summed E-state index contributed by atoms with van der Waals surface area (Å²) in [6.45, 7) is -0.250. The van der Waals surface area contributed by atoms with E-state index in [0.717, 1.165) is 22.2 Å². The van der Waals surface area contributed by atoms with Crippen molar-refractivity contribution in [1.29, 1.82) is 0 Å². The Morgan fingerprint density at radius 1 is 1.00 bits per heavy atom. The van der Waals surface area contributed by atoms with Crippen molar-refractivity contribution in [2.45, 2.75) is 0 Å². The zero-order valence-corrected chi connectivity index (χ0v) is 11.2. The van der Waals surface area contributed by atoms with Gasteiger partial charge in [0.25, 0.3) is 6.47 Å². The molecule has 0 unspecified atom stereocenters. The van der Waals surface area contributed by atoms with Crippen LogP contribution in [0.25, 0.3) is 22.2 Å². The van der Waals surface area contributed by atoms with E-state index in [4.69, 9.17) is 21.5 Å². The molecule has 0 saturated carbocycles. The highest BCUT2D eigenvalue weighted by atomic mass is 35.5. The van der Waals surface area contributed by atoms with Crippen LogP contribution >= 0.6 is 11.6 Å². The summed E-state index contributed by atoms with van der Waals surface area (Å²) in [7, 11) is 0. The van der Waals surface area contributed by atoms with Crippen LogP contribution in [0, 0.1) is 0 Å². The molecule has 5 heteroatoms. The van der Waals surface area contributed by atoms with E-state index in [0.29, 0.717) is 5.02 Å². The van der Waals surface area contributed by atoms with Crippen LogP contribution in [0.4, 0.5) is 0 Å². The van der Waals surface area contributed by atoms with Crippen molar-refractivity contribution in [1.82, 2.24) is 9.97 Å². The minimum Gasteiger partial charge on any atom is -0.483 e. The third-order valence-corrected chi connectivity index (χ3v) is 2.99. The van der Waals surface area contributed by atoms with Crippen LogP contribution in [0.5, 0.6) is 0 Å². The molecule has 3 aromatic rings.